The number of urea groups is 2. The van der Waals surface area contributed by atoms with Gasteiger partial charge < -0.3 is 5.32 Å². The lowest BCUT2D eigenvalue weighted by molar-refractivity contribution is -0.145. The van der Waals surface area contributed by atoms with Gasteiger partial charge in [0.25, 0.3) is 0 Å². The topological polar surface area (TPSA) is 116 Å². The third kappa shape index (κ3) is 4.95. The summed E-state index contributed by atoms with van der Waals surface area (Å²) in [6, 6.07) is -2.85. The fourth-order valence-electron chi connectivity index (χ4n) is 3.17. The summed E-state index contributed by atoms with van der Waals surface area (Å²) >= 11 is 0. The van der Waals surface area contributed by atoms with Gasteiger partial charge in [-0.25, -0.2) is 14.5 Å². The Hall–Kier alpha value is -2.66. The number of amides is 7. The molecule has 1 saturated heterocycles. The van der Waals surface area contributed by atoms with E-state index in [1.54, 1.807) is 5.32 Å². The molecule has 7 amide bonds. The molecule has 0 aromatic rings. The van der Waals surface area contributed by atoms with Gasteiger partial charge in [-0.15, -0.1) is 0 Å². The van der Waals surface area contributed by atoms with Gasteiger partial charge >= 0.3 is 30.1 Å². The summed E-state index contributed by atoms with van der Waals surface area (Å²) < 4.78 is 36.0. The van der Waals surface area contributed by atoms with Gasteiger partial charge in [0.05, 0.1) is 0 Å². The third-order valence-electron chi connectivity index (χ3n) is 4.49. The molecule has 0 aromatic carbocycles. The van der Waals surface area contributed by atoms with Crippen LogP contribution in [0.4, 0.5) is 22.8 Å². The Bertz CT molecular complexity index is 666. The average molecular weight is 392 g/mol. The van der Waals surface area contributed by atoms with E-state index < -0.39 is 55.1 Å². The number of carbonyl (C=O) groups excluding carboxylic acids is 5. The quantitative estimate of drug-likeness (QED) is 0.541. The molecule has 0 aromatic heterocycles. The predicted octanol–water partition coefficient (Wildman–Crippen LogP) is 0.744. The van der Waals surface area contributed by atoms with Crippen molar-refractivity contribution in [3.8, 4) is 0 Å². The Labute approximate surface area is 152 Å². The summed E-state index contributed by atoms with van der Waals surface area (Å²) in [7, 11) is 0. The molecule has 1 heterocycles. The first-order valence-electron chi connectivity index (χ1n) is 8.34. The lowest BCUT2D eigenvalue weighted by Gasteiger charge is -2.34. The normalized spacial score (nSPS) is 23.6. The Morgan fingerprint density at radius 3 is 2.33 bits per heavy atom. The van der Waals surface area contributed by atoms with Crippen molar-refractivity contribution < 1.29 is 37.1 Å². The molecule has 9 nitrogen and oxygen atoms in total. The van der Waals surface area contributed by atoms with Crippen molar-refractivity contribution in [2.45, 2.75) is 44.8 Å². The zero-order valence-corrected chi connectivity index (χ0v) is 14.5. The molecule has 0 unspecified atom stereocenters. The maximum atomic E-state index is 12.4. The van der Waals surface area contributed by atoms with Gasteiger partial charge in [-0.3, -0.25) is 24.6 Å². The molecule has 27 heavy (non-hydrogen) atoms. The second-order valence-electron chi connectivity index (χ2n) is 6.52. The van der Waals surface area contributed by atoms with E-state index in [4.69, 9.17) is 0 Å². The monoisotopic (exact) mass is 392 g/mol. The minimum atomic E-state index is -4.66. The second-order valence-corrected chi connectivity index (χ2v) is 6.52. The molecular formula is C15H19F3N4O5. The highest BCUT2D eigenvalue weighted by Crippen LogP contribution is 2.31. The minimum absolute atomic E-state index is 0.00127. The van der Waals surface area contributed by atoms with E-state index in [1.165, 1.54) is 5.32 Å². The van der Waals surface area contributed by atoms with Crippen molar-refractivity contribution in [2.75, 3.05) is 13.1 Å². The van der Waals surface area contributed by atoms with Crippen molar-refractivity contribution >= 4 is 29.8 Å². The van der Waals surface area contributed by atoms with E-state index >= 15 is 0 Å². The zero-order valence-electron chi connectivity index (χ0n) is 14.5. The molecule has 0 radical (unpaired) electrons. The van der Waals surface area contributed by atoms with Crippen LogP contribution in [0.1, 0.15) is 32.6 Å². The molecule has 1 aliphatic heterocycles. The smallest absolute Gasteiger partial charge is 0.329 e. The molecule has 2 rings (SSSR count). The Kier molecular flexibility index (Phi) is 6.06. The van der Waals surface area contributed by atoms with Gasteiger partial charge in [0.15, 0.2) is 0 Å². The molecule has 0 spiro atoms. The van der Waals surface area contributed by atoms with E-state index in [9.17, 15) is 37.1 Å². The second kappa shape index (κ2) is 7.92. The first-order chi connectivity index (χ1) is 12.5. The molecular weight excluding hydrogens is 373 g/mol. The highest BCUT2D eigenvalue weighted by Gasteiger charge is 2.49. The van der Waals surface area contributed by atoms with E-state index in [1.807, 2.05) is 6.92 Å². The number of hydrogen-bond donors (Lipinski definition) is 2. The Morgan fingerprint density at radius 2 is 1.74 bits per heavy atom. The molecule has 2 fully saturated rings. The largest absolute Gasteiger partial charge is 0.405 e. The summed E-state index contributed by atoms with van der Waals surface area (Å²) in [4.78, 5) is 60.9. The molecule has 2 N–H and O–H groups in total. The SMILES string of the molecule is C[C@H]1CCCC[C@H]1N1C(=O)C(=O)N(CC(=O)NC(=O)NCC(F)(F)F)C1=O. The van der Waals surface area contributed by atoms with Crippen LogP contribution in [0.25, 0.3) is 0 Å². The number of nitrogens with one attached hydrogen (secondary N) is 2. The summed E-state index contributed by atoms with van der Waals surface area (Å²) in [5, 5.41) is 2.99. The maximum absolute atomic E-state index is 12.4. The van der Waals surface area contributed by atoms with E-state index in [0.717, 1.165) is 24.2 Å². The molecule has 2 atom stereocenters. The maximum Gasteiger partial charge on any atom is 0.405 e. The number of imide groups is 3. The first kappa shape index (κ1) is 20.6. The minimum Gasteiger partial charge on any atom is -0.329 e. The van der Waals surface area contributed by atoms with Gasteiger partial charge in [0.1, 0.15) is 13.1 Å². The molecule has 12 heteroatoms. The fourth-order valence-corrected chi connectivity index (χ4v) is 3.17. The van der Waals surface area contributed by atoms with Crippen LogP contribution in [-0.2, 0) is 14.4 Å². The van der Waals surface area contributed by atoms with Gasteiger partial charge in [0, 0.05) is 6.04 Å². The number of nitrogens with zero attached hydrogens (tertiary/aromatic N) is 2. The summed E-state index contributed by atoms with van der Waals surface area (Å²) in [5.41, 5.74) is 0. The number of hydrogen-bond acceptors (Lipinski definition) is 5. The predicted molar refractivity (Wildman–Crippen MR) is 83.0 cm³/mol. The Morgan fingerprint density at radius 1 is 1.11 bits per heavy atom. The highest BCUT2D eigenvalue weighted by atomic mass is 19.4. The van der Waals surface area contributed by atoms with E-state index in [2.05, 4.69) is 0 Å². The molecule has 150 valence electrons. The molecule has 2 aliphatic rings. The van der Waals surface area contributed by atoms with Crippen molar-refractivity contribution in [2.24, 2.45) is 5.92 Å². The summed E-state index contributed by atoms with van der Waals surface area (Å²) in [5.74, 6) is -3.44. The van der Waals surface area contributed by atoms with Crippen LogP contribution in [-0.4, -0.2) is 64.9 Å². The standard InChI is InChI=1S/C15H19F3N4O5/c1-8-4-2-3-5-9(8)22-12(25)11(24)21(14(22)27)6-10(23)20-13(26)19-7-15(16,17)18/h8-9H,2-7H2,1H3,(H2,19,20,23,26)/t8-,9+/m0/s1. The van der Waals surface area contributed by atoms with Crippen molar-refractivity contribution in [3.63, 3.8) is 0 Å². The average Bonchev–Trinajstić information content (AvgIpc) is 2.77. The van der Waals surface area contributed by atoms with Crippen LogP contribution < -0.4 is 10.6 Å². The number of carbonyl (C=O) groups is 5. The lowest BCUT2D eigenvalue weighted by atomic mass is 9.85. The molecule has 0 bridgehead atoms. The van der Waals surface area contributed by atoms with E-state index in [0.29, 0.717) is 11.3 Å². The van der Waals surface area contributed by atoms with Crippen LogP contribution in [0, 0.1) is 5.92 Å². The fraction of sp³-hybridized carbons (Fsp3) is 0.667. The van der Waals surface area contributed by atoms with Gasteiger partial charge in [-0.05, 0) is 18.8 Å². The Balaban J connectivity index is 1.97. The molecule has 1 saturated carbocycles. The number of rotatable bonds is 4. The van der Waals surface area contributed by atoms with Crippen molar-refractivity contribution in [1.82, 2.24) is 20.4 Å². The highest BCUT2D eigenvalue weighted by molar-refractivity contribution is 6.45. The van der Waals surface area contributed by atoms with Gasteiger partial charge in [-0.2, -0.15) is 13.2 Å². The van der Waals surface area contributed by atoms with Crippen LogP contribution in [0.5, 0.6) is 0 Å². The zero-order chi connectivity index (χ0) is 20.4. The van der Waals surface area contributed by atoms with Crippen LogP contribution >= 0.6 is 0 Å². The van der Waals surface area contributed by atoms with E-state index in [-0.39, 0.29) is 5.92 Å². The third-order valence-corrected chi connectivity index (χ3v) is 4.49. The number of halogens is 3. The van der Waals surface area contributed by atoms with Crippen molar-refractivity contribution in [1.29, 1.82) is 0 Å². The number of alkyl halides is 3. The molecule has 1 aliphatic carbocycles. The summed E-state index contributed by atoms with van der Waals surface area (Å²) in [6.07, 6.45) is -1.59. The van der Waals surface area contributed by atoms with Crippen LogP contribution in [0.15, 0.2) is 0 Å². The van der Waals surface area contributed by atoms with Crippen LogP contribution in [0.3, 0.4) is 0 Å². The van der Waals surface area contributed by atoms with Crippen LogP contribution in [0.2, 0.25) is 0 Å². The first-order valence-corrected chi connectivity index (χ1v) is 8.34. The van der Waals surface area contributed by atoms with Gasteiger partial charge in [-0.1, -0.05) is 19.8 Å². The van der Waals surface area contributed by atoms with Crippen molar-refractivity contribution in [3.05, 3.63) is 0 Å². The van der Waals surface area contributed by atoms with Gasteiger partial charge in [0.2, 0.25) is 5.91 Å². The summed E-state index contributed by atoms with van der Waals surface area (Å²) in [6.45, 7) is -0.741. The lowest BCUT2D eigenvalue weighted by Crippen LogP contribution is -2.49.